The van der Waals surface area contributed by atoms with Gasteiger partial charge in [-0.05, 0) is 91.5 Å². The Labute approximate surface area is 284 Å². The van der Waals surface area contributed by atoms with Crippen molar-refractivity contribution in [3.05, 3.63) is 58.4 Å². The molecular weight excluding hydrogens is 636 g/mol. The molecule has 12 heteroatoms. The highest BCUT2D eigenvalue weighted by atomic mass is 32.2. The first-order valence-corrected chi connectivity index (χ1v) is 19.1. The van der Waals surface area contributed by atoms with Crippen LogP contribution in [0.4, 0.5) is 14.9 Å². The molecule has 2 N–H and O–H groups in total. The fraction of sp³-hybridized carbons (Fsp3) is 0.514. The van der Waals surface area contributed by atoms with Crippen molar-refractivity contribution < 1.29 is 27.9 Å². The lowest BCUT2D eigenvalue weighted by Gasteiger charge is -2.42. The highest BCUT2D eigenvalue weighted by Gasteiger charge is 2.47. The second-order valence-corrected chi connectivity index (χ2v) is 19.3. The summed E-state index contributed by atoms with van der Waals surface area (Å²) in [6.45, 7) is 19.9. The number of halogens is 1. The van der Waals surface area contributed by atoms with E-state index in [1.165, 1.54) is 19.2 Å². The first-order chi connectivity index (χ1) is 21.9. The van der Waals surface area contributed by atoms with Crippen molar-refractivity contribution >= 4 is 48.6 Å². The van der Waals surface area contributed by atoms with Gasteiger partial charge < -0.3 is 19.6 Å². The number of nitrogens with two attached hydrogens (primary N) is 1. The number of aliphatic imine (C=N–C) groups is 2. The van der Waals surface area contributed by atoms with Crippen molar-refractivity contribution in [1.82, 2.24) is 0 Å². The SMILES string of the molecule is CCc1cc(O[Si](C(C)C)(C(C)C)C(C)C)c(F)c(C(=N\c2ccc(C#N)c(C(N)C(=O)OC(C)(C)C)c2)/C(=N/C(=O)OC)SC)c1. The van der Waals surface area contributed by atoms with Crippen LogP contribution in [-0.2, 0) is 20.7 Å². The van der Waals surface area contributed by atoms with Gasteiger partial charge in [-0.2, -0.15) is 10.3 Å². The van der Waals surface area contributed by atoms with Crippen LogP contribution in [0.25, 0.3) is 0 Å². The van der Waals surface area contributed by atoms with Gasteiger partial charge in [-0.3, -0.25) is 0 Å². The number of esters is 1. The minimum absolute atomic E-state index is 0.0490. The summed E-state index contributed by atoms with van der Waals surface area (Å²) in [5.74, 6) is -1.23. The third-order valence-electron chi connectivity index (χ3n) is 7.91. The quantitative estimate of drug-likeness (QED) is 0.107. The summed E-state index contributed by atoms with van der Waals surface area (Å²) in [5.41, 5.74) is 7.58. The van der Waals surface area contributed by atoms with Crippen molar-refractivity contribution in [2.75, 3.05) is 13.4 Å². The van der Waals surface area contributed by atoms with E-state index in [1.54, 1.807) is 45.2 Å². The summed E-state index contributed by atoms with van der Waals surface area (Å²) in [6.07, 6.45) is 1.38. The standard InChI is InChI=1S/C35H49FN4O5SSi/c1-13-23-16-27(29(36)28(17-23)45-47(20(2)3,21(4)5)22(6)7)31(32(46-12)40-34(42)43-11)39-25-15-14-24(19-37)26(18-25)30(38)33(41)44-35(8,9)10/h14-18,20-22,30H,13,38H2,1-12H3/b39-31+,40-32-. The molecule has 2 aromatic rings. The van der Waals surface area contributed by atoms with E-state index in [4.69, 9.17) is 24.6 Å². The second-order valence-electron chi connectivity index (χ2n) is 13.2. The van der Waals surface area contributed by atoms with E-state index in [9.17, 15) is 14.9 Å². The Balaban J connectivity index is 2.97. The lowest BCUT2D eigenvalue weighted by atomic mass is 10.00. The Morgan fingerprint density at radius 1 is 1.06 bits per heavy atom. The van der Waals surface area contributed by atoms with Gasteiger partial charge in [-0.15, -0.1) is 11.8 Å². The van der Waals surface area contributed by atoms with Gasteiger partial charge in [-0.25, -0.2) is 19.0 Å². The fourth-order valence-electron chi connectivity index (χ4n) is 5.80. The Morgan fingerprint density at radius 2 is 1.66 bits per heavy atom. The molecule has 0 spiro atoms. The van der Waals surface area contributed by atoms with Gasteiger partial charge in [0.1, 0.15) is 28.1 Å². The number of hydrogen-bond acceptors (Lipinski definition) is 9. The zero-order valence-electron chi connectivity index (χ0n) is 29.6. The number of aryl methyl sites for hydroxylation is 1. The van der Waals surface area contributed by atoms with Gasteiger partial charge in [0, 0.05) is 5.56 Å². The third kappa shape index (κ3) is 9.52. The number of methoxy groups -OCH3 is 1. The van der Waals surface area contributed by atoms with Crippen LogP contribution >= 0.6 is 11.8 Å². The van der Waals surface area contributed by atoms with E-state index < -0.39 is 37.8 Å². The number of carbonyl (C=O) groups excluding carboxylic acids is 2. The summed E-state index contributed by atoms with van der Waals surface area (Å²) < 4.78 is 34.0. The number of amides is 1. The topological polar surface area (TPSA) is 136 Å². The zero-order chi connectivity index (χ0) is 35.9. The maximum atomic E-state index is 16.9. The molecule has 0 heterocycles. The van der Waals surface area contributed by atoms with Crippen molar-refractivity contribution in [3.8, 4) is 11.8 Å². The number of ether oxygens (including phenoxy) is 2. The molecule has 0 fully saturated rings. The number of nitrogens with zero attached hydrogens (tertiary/aromatic N) is 3. The van der Waals surface area contributed by atoms with E-state index in [0.717, 1.165) is 17.3 Å². The van der Waals surface area contributed by atoms with E-state index in [1.807, 2.05) is 6.92 Å². The van der Waals surface area contributed by atoms with Gasteiger partial charge in [0.2, 0.25) is 0 Å². The highest BCUT2D eigenvalue weighted by molar-refractivity contribution is 8.15. The molecule has 0 aromatic heterocycles. The van der Waals surface area contributed by atoms with Crippen LogP contribution in [0.15, 0.2) is 40.3 Å². The average Bonchev–Trinajstić information content (AvgIpc) is 3.00. The van der Waals surface area contributed by atoms with Gasteiger partial charge >= 0.3 is 12.1 Å². The van der Waals surface area contributed by atoms with Crippen molar-refractivity contribution in [1.29, 1.82) is 5.26 Å². The Hall–Kier alpha value is -3.53. The highest BCUT2D eigenvalue weighted by Crippen LogP contribution is 2.44. The number of carbonyl (C=O) groups is 2. The van der Waals surface area contributed by atoms with Gasteiger partial charge in [0.05, 0.1) is 24.4 Å². The number of thioether (sulfide) groups is 1. The maximum Gasteiger partial charge on any atom is 0.434 e. The van der Waals surface area contributed by atoms with Gasteiger partial charge in [-0.1, -0.05) is 48.5 Å². The lowest BCUT2D eigenvalue weighted by molar-refractivity contribution is -0.156. The van der Waals surface area contributed by atoms with E-state index in [0.29, 0.717) is 6.42 Å². The average molecular weight is 685 g/mol. The van der Waals surface area contributed by atoms with E-state index >= 15 is 4.39 Å². The summed E-state index contributed by atoms with van der Waals surface area (Å²) in [7, 11) is -1.37. The van der Waals surface area contributed by atoms with Crippen LogP contribution in [0, 0.1) is 17.1 Å². The largest absolute Gasteiger partial charge is 0.541 e. The summed E-state index contributed by atoms with van der Waals surface area (Å²) >= 11 is 1.09. The molecule has 2 aromatic carbocycles. The summed E-state index contributed by atoms with van der Waals surface area (Å²) in [4.78, 5) is 34.1. The van der Waals surface area contributed by atoms with Crippen LogP contribution in [-0.4, -0.2) is 50.1 Å². The molecule has 1 unspecified atom stereocenters. The van der Waals surface area contributed by atoms with Crippen molar-refractivity contribution in [3.63, 3.8) is 0 Å². The molecule has 0 saturated carbocycles. The fourth-order valence-corrected chi connectivity index (χ4v) is 11.5. The molecular formula is C35H49FN4O5SSi. The van der Waals surface area contributed by atoms with Gasteiger partial charge in [0.15, 0.2) is 5.82 Å². The maximum absolute atomic E-state index is 16.9. The second kappa shape index (κ2) is 16.5. The number of nitriles is 1. The molecule has 2 rings (SSSR count). The molecule has 9 nitrogen and oxygen atoms in total. The number of hydrogen-bond donors (Lipinski definition) is 1. The predicted octanol–water partition coefficient (Wildman–Crippen LogP) is 8.80. The van der Waals surface area contributed by atoms with Crippen LogP contribution in [0.3, 0.4) is 0 Å². The summed E-state index contributed by atoms with van der Waals surface area (Å²) in [6, 6.07) is 8.69. The lowest BCUT2D eigenvalue weighted by Crippen LogP contribution is -2.51. The predicted molar refractivity (Wildman–Crippen MR) is 191 cm³/mol. The van der Waals surface area contributed by atoms with E-state index in [-0.39, 0.29) is 55.5 Å². The third-order valence-corrected chi connectivity index (χ3v) is 14.6. The minimum atomic E-state index is -2.57. The van der Waals surface area contributed by atoms with Crippen molar-refractivity contribution in [2.24, 2.45) is 15.7 Å². The van der Waals surface area contributed by atoms with Crippen LogP contribution < -0.4 is 10.2 Å². The zero-order valence-corrected chi connectivity index (χ0v) is 31.5. The van der Waals surface area contributed by atoms with E-state index in [2.05, 4.69) is 52.6 Å². The number of benzene rings is 2. The summed E-state index contributed by atoms with van der Waals surface area (Å²) in [5, 5.41) is 9.89. The molecule has 1 atom stereocenters. The molecule has 0 aliphatic rings. The molecule has 0 saturated heterocycles. The normalized spacial score (nSPS) is 13.5. The molecule has 0 aliphatic heterocycles. The molecule has 47 heavy (non-hydrogen) atoms. The van der Waals surface area contributed by atoms with Crippen LogP contribution in [0.2, 0.25) is 16.6 Å². The Bertz CT molecular complexity index is 1540. The monoisotopic (exact) mass is 684 g/mol. The molecule has 0 aliphatic carbocycles. The minimum Gasteiger partial charge on any atom is -0.541 e. The van der Waals surface area contributed by atoms with Gasteiger partial charge in [0.25, 0.3) is 8.32 Å². The van der Waals surface area contributed by atoms with Crippen LogP contribution in [0.5, 0.6) is 5.75 Å². The molecule has 0 bridgehead atoms. The number of rotatable bonds is 11. The first kappa shape index (κ1) is 39.6. The Morgan fingerprint density at radius 3 is 2.13 bits per heavy atom. The first-order valence-electron chi connectivity index (χ1n) is 15.7. The molecule has 0 radical (unpaired) electrons. The Kier molecular flexibility index (Phi) is 13.9. The smallest absolute Gasteiger partial charge is 0.434 e. The molecule has 256 valence electrons. The molecule has 1 amide bonds. The van der Waals surface area contributed by atoms with Crippen molar-refractivity contribution in [2.45, 2.75) is 104 Å². The van der Waals surface area contributed by atoms with Crippen LogP contribution in [0.1, 0.15) is 97.5 Å².